The average molecular weight is 332 g/mol. The Balaban J connectivity index is 2.21. The number of rotatable bonds is 14. The first-order chi connectivity index (χ1) is 11.8. The van der Waals surface area contributed by atoms with Gasteiger partial charge in [0.2, 0.25) is 0 Å². The van der Waals surface area contributed by atoms with Crippen LogP contribution in [0.2, 0.25) is 0 Å². The van der Waals surface area contributed by atoms with Gasteiger partial charge in [-0.2, -0.15) is 0 Å². The van der Waals surface area contributed by atoms with Crippen LogP contribution < -0.4 is 4.74 Å². The van der Waals surface area contributed by atoms with Crippen molar-refractivity contribution in [3.05, 3.63) is 42.5 Å². The smallest absolute Gasteiger partial charge is 0.330 e. The molecule has 3 heteroatoms. The number of esters is 1. The summed E-state index contributed by atoms with van der Waals surface area (Å²) in [7, 11) is 0. The number of carbonyl (C=O) groups excluding carboxylic acids is 1. The summed E-state index contributed by atoms with van der Waals surface area (Å²) >= 11 is 0. The zero-order valence-electron chi connectivity index (χ0n) is 15.1. The fourth-order valence-electron chi connectivity index (χ4n) is 2.60. The molecule has 3 nitrogen and oxygen atoms in total. The van der Waals surface area contributed by atoms with Crippen LogP contribution in [-0.2, 0) is 16.0 Å². The van der Waals surface area contributed by atoms with Gasteiger partial charge in [-0.15, -0.1) is 0 Å². The molecule has 0 aromatic heterocycles. The second kappa shape index (κ2) is 13.6. The van der Waals surface area contributed by atoms with E-state index in [2.05, 4.69) is 25.6 Å². The van der Waals surface area contributed by atoms with Gasteiger partial charge < -0.3 is 9.47 Å². The fourth-order valence-corrected chi connectivity index (χ4v) is 2.60. The van der Waals surface area contributed by atoms with Crippen molar-refractivity contribution in [2.45, 2.75) is 64.7 Å². The third kappa shape index (κ3) is 9.39. The first kappa shape index (κ1) is 20.3. The van der Waals surface area contributed by atoms with Crippen molar-refractivity contribution in [3.8, 4) is 5.75 Å². The Morgan fingerprint density at radius 2 is 1.71 bits per heavy atom. The summed E-state index contributed by atoms with van der Waals surface area (Å²) in [4.78, 5) is 10.9. The zero-order valence-corrected chi connectivity index (χ0v) is 15.1. The number of ether oxygens (including phenoxy) is 2. The van der Waals surface area contributed by atoms with Crippen LogP contribution in [0.4, 0.5) is 0 Å². The second-order valence-electron chi connectivity index (χ2n) is 6.05. The molecular formula is C21H32O3. The number of hydrogen-bond donors (Lipinski definition) is 0. The lowest BCUT2D eigenvalue weighted by Crippen LogP contribution is -2.07. The van der Waals surface area contributed by atoms with Crippen LogP contribution in [0.1, 0.15) is 63.9 Å². The van der Waals surface area contributed by atoms with Gasteiger partial charge >= 0.3 is 5.97 Å². The Hall–Kier alpha value is -1.77. The predicted molar refractivity (Wildman–Crippen MR) is 99.4 cm³/mol. The van der Waals surface area contributed by atoms with E-state index >= 15 is 0 Å². The molecule has 0 saturated heterocycles. The minimum atomic E-state index is -0.380. The molecule has 134 valence electrons. The van der Waals surface area contributed by atoms with Crippen LogP contribution in [0, 0.1) is 0 Å². The molecule has 0 bridgehead atoms. The van der Waals surface area contributed by atoms with Crippen LogP contribution in [0.3, 0.4) is 0 Å². The molecule has 0 aliphatic carbocycles. The lowest BCUT2D eigenvalue weighted by molar-refractivity contribution is -0.137. The van der Waals surface area contributed by atoms with Crippen molar-refractivity contribution in [2.75, 3.05) is 13.2 Å². The van der Waals surface area contributed by atoms with E-state index in [0.29, 0.717) is 19.6 Å². The normalized spacial score (nSPS) is 10.4. The number of unbranched alkanes of at least 4 members (excludes halogenated alkanes) is 6. The number of para-hydroxylation sites is 1. The highest BCUT2D eigenvalue weighted by Gasteiger charge is 2.03. The van der Waals surface area contributed by atoms with Crippen LogP contribution in [0.15, 0.2) is 36.9 Å². The second-order valence-corrected chi connectivity index (χ2v) is 6.05. The molecule has 0 aliphatic rings. The van der Waals surface area contributed by atoms with Gasteiger partial charge in [0, 0.05) is 12.5 Å². The molecule has 0 atom stereocenters. The summed E-state index contributed by atoms with van der Waals surface area (Å²) in [5.41, 5.74) is 1.27. The summed E-state index contributed by atoms with van der Waals surface area (Å²) in [6.45, 7) is 6.54. The van der Waals surface area contributed by atoms with Gasteiger partial charge in [-0.1, -0.05) is 70.2 Å². The van der Waals surface area contributed by atoms with E-state index in [1.54, 1.807) is 0 Å². The van der Waals surface area contributed by atoms with Crippen molar-refractivity contribution in [1.82, 2.24) is 0 Å². The molecule has 1 rings (SSSR count). The highest BCUT2D eigenvalue weighted by atomic mass is 16.5. The molecule has 0 fully saturated rings. The van der Waals surface area contributed by atoms with Crippen molar-refractivity contribution >= 4 is 5.97 Å². The highest BCUT2D eigenvalue weighted by molar-refractivity contribution is 5.81. The topological polar surface area (TPSA) is 35.5 Å². The summed E-state index contributed by atoms with van der Waals surface area (Å²) in [6.07, 6.45) is 12.1. The molecule has 0 spiro atoms. The maximum absolute atomic E-state index is 10.9. The lowest BCUT2D eigenvalue weighted by atomic mass is 10.0. The molecule has 0 N–H and O–H groups in total. The van der Waals surface area contributed by atoms with Crippen LogP contribution in [0.25, 0.3) is 0 Å². The van der Waals surface area contributed by atoms with Gasteiger partial charge in [-0.05, 0) is 24.5 Å². The SMILES string of the molecule is C=CC(=O)OCCCOc1ccccc1CCCCCCCCC. The molecule has 0 amide bonds. The summed E-state index contributed by atoms with van der Waals surface area (Å²) in [5.74, 6) is 0.577. The molecule has 24 heavy (non-hydrogen) atoms. The van der Waals surface area contributed by atoms with Gasteiger partial charge in [-0.3, -0.25) is 0 Å². The Morgan fingerprint density at radius 1 is 1.00 bits per heavy atom. The quantitative estimate of drug-likeness (QED) is 0.257. The largest absolute Gasteiger partial charge is 0.493 e. The van der Waals surface area contributed by atoms with Gasteiger partial charge in [0.25, 0.3) is 0 Å². The minimum absolute atomic E-state index is 0.366. The summed E-state index contributed by atoms with van der Waals surface area (Å²) < 4.78 is 10.8. The predicted octanol–water partition coefficient (Wildman–Crippen LogP) is 5.48. The minimum Gasteiger partial charge on any atom is -0.493 e. The Morgan fingerprint density at radius 3 is 2.46 bits per heavy atom. The van der Waals surface area contributed by atoms with Crippen LogP contribution in [-0.4, -0.2) is 19.2 Å². The Bertz CT molecular complexity index is 468. The van der Waals surface area contributed by atoms with E-state index in [-0.39, 0.29) is 5.97 Å². The third-order valence-corrected chi connectivity index (χ3v) is 3.98. The van der Waals surface area contributed by atoms with Crippen molar-refractivity contribution in [3.63, 3.8) is 0 Å². The van der Waals surface area contributed by atoms with Crippen molar-refractivity contribution in [2.24, 2.45) is 0 Å². The Kier molecular flexibility index (Phi) is 11.5. The van der Waals surface area contributed by atoms with Crippen LogP contribution in [0.5, 0.6) is 5.75 Å². The van der Waals surface area contributed by atoms with Gasteiger partial charge in [0.05, 0.1) is 13.2 Å². The molecule has 0 heterocycles. The fraction of sp³-hybridized carbons (Fsp3) is 0.571. The van der Waals surface area contributed by atoms with Gasteiger partial charge in [-0.25, -0.2) is 4.79 Å². The van der Waals surface area contributed by atoms with E-state index in [1.807, 2.05) is 12.1 Å². The number of aryl methyl sites for hydroxylation is 1. The summed E-state index contributed by atoms with van der Waals surface area (Å²) in [5, 5.41) is 0. The maximum atomic E-state index is 10.9. The molecule has 0 saturated carbocycles. The van der Waals surface area contributed by atoms with Gasteiger partial charge in [0.1, 0.15) is 5.75 Å². The molecule has 0 radical (unpaired) electrons. The van der Waals surface area contributed by atoms with E-state index < -0.39 is 0 Å². The molecular weight excluding hydrogens is 300 g/mol. The standard InChI is InChI=1S/C21H32O3/c1-3-5-6-7-8-9-10-14-19-15-11-12-16-20(19)23-17-13-18-24-21(22)4-2/h4,11-12,15-16H,2-3,5-10,13-14,17-18H2,1H3. The third-order valence-electron chi connectivity index (χ3n) is 3.98. The van der Waals surface area contributed by atoms with Gasteiger partial charge in [0.15, 0.2) is 0 Å². The van der Waals surface area contributed by atoms with E-state index in [4.69, 9.17) is 9.47 Å². The average Bonchev–Trinajstić information content (AvgIpc) is 2.61. The van der Waals surface area contributed by atoms with E-state index in [9.17, 15) is 4.79 Å². The van der Waals surface area contributed by atoms with E-state index in [0.717, 1.165) is 12.2 Å². The van der Waals surface area contributed by atoms with E-state index in [1.165, 1.54) is 56.6 Å². The van der Waals surface area contributed by atoms with Crippen molar-refractivity contribution < 1.29 is 14.3 Å². The first-order valence-electron chi connectivity index (χ1n) is 9.27. The molecule has 0 unspecified atom stereocenters. The number of carbonyl (C=O) groups is 1. The monoisotopic (exact) mass is 332 g/mol. The lowest BCUT2D eigenvalue weighted by Gasteiger charge is -2.11. The molecule has 1 aromatic rings. The van der Waals surface area contributed by atoms with Crippen molar-refractivity contribution in [1.29, 1.82) is 0 Å². The highest BCUT2D eigenvalue weighted by Crippen LogP contribution is 2.21. The zero-order chi connectivity index (χ0) is 17.5. The number of benzene rings is 1. The van der Waals surface area contributed by atoms with Crippen LogP contribution >= 0.6 is 0 Å². The summed E-state index contributed by atoms with van der Waals surface area (Å²) in [6, 6.07) is 8.23. The first-order valence-corrected chi connectivity index (χ1v) is 9.27. The number of hydrogen-bond acceptors (Lipinski definition) is 3. The maximum Gasteiger partial charge on any atom is 0.330 e. The Labute approximate surface area is 147 Å². The molecule has 0 aliphatic heterocycles. The molecule has 1 aromatic carbocycles.